The largest absolute Gasteiger partial charge is 0.482 e. The number of hydrogen-bond acceptors (Lipinski definition) is 6. The van der Waals surface area contributed by atoms with Gasteiger partial charge in [-0.15, -0.1) is 5.10 Å². The van der Waals surface area contributed by atoms with Crippen molar-refractivity contribution in [1.29, 1.82) is 0 Å². The van der Waals surface area contributed by atoms with Crippen molar-refractivity contribution < 1.29 is 13.9 Å². The van der Waals surface area contributed by atoms with Crippen molar-refractivity contribution in [2.75, 3.05) is 26.3 Å². The Labute approximate surface area is 138 Å². The van der Waals surface area contributed by atoms with Gasteiger partial charge in [-0.3, -0.25) is 4.90 Å². The Hall–Kier alpha value is -1.41. The predicted octanol–water partition coefficient (Wildman–Crippen LogP) is 2.73. The minimum Gasteiger partial charge on any atom is -0.482 e. The quantitative estimate of drug-likeness (QED) is 0.779. The molecule has 2 aromatic rings. The molecule has 1 aromatic heterocycles. The standard InChI is InChI=1S/C14H16ClN3O3S/c15-11-3-1-2-4-12(11)20-9-13-16-18(14(22)21-13)10-17-5-7-19-8-6-17/h1-4H,5-10H2. The highest BCUT2D eigenvalue weighted by Crippen LogP contribution is 2.23. The van der Waals surface area contributed by atoms with Gasteiger partial charge in [-0.1, -0.05) is 23.7 Å². The van der Waals surface area contributed by atoms with Crippen molar-refractivity contribution in [3.63, 3.8) is 0 Å². The molecule has 0 amide bonds. The number of rotatable bonds is 5. The summed E-state index contributed by atoms with van der Waals surface area (Å²) in [7, 11) is 0. The SMILES string of the molecule is S=c1oc(COc2ccccc2Cl)nn1CN1CCOCC1. The Morgan fingerprint density at radius 3 is 2.82 bits per heavy atom. The fraction of sp³-hybridized carbons (Fsp3) is 0.429. The Kier molecular flexibility index (Phi) is 5.09. The van der Waals surface area contributed by atoms with E-state index >= 15 is 0 Å². The van der Waals surface area contributed by atoms with Gasteiger partial charge in [0.15, 0.2) is 6.61 Å². The van der Waals surface area contributed by atoms with Gasteiger partial charge >= 0.3 is 0 Å². The van der Waals surface area contributed by atoms with Crippen molar-refractivity contribution >= 4 is 23.8 Å². The number of aromatic nitrogens is 2. The summed E-state index contributed by atoms with van der Waals surface area (Å²) >= 11 is 11.2. The van der Waals surface area contributed by atoms with Crippen LogP contribution in [0.25, 0.3) is 0 Å². The second-order valence-corrected chi connectivity index (χ2v) is 5.61. The average molecular weight is 342 g/mol. The third kappa shape index (κ3) is 3.86. The fourth-order valence-corrected chi connectivity index (χ4v) is 2.52. The van der Waals surface area contributed by atoms with E-state index in [1.54, 1.807) is 16.8 Å². The van der Waals surface area contributed by atoms with Gasteiger partial charge in [0.25, 0.3) is 10.7 Å². The van der Waals surface area contributed by atoms with E-state index in [9.17, 15) is 0 Å². The van der Waals surface area contributed by atoms with Gasteiger partial charge < -0.3 is 13.9 Å². The molecule has 0 N–H and O–H groups in total. The molecule has 0 spiro atoms. The highest BCUT2D eigenvalue weighted by Gasteiger charge is 2.14. The van der Waals surface area contributed by atoms with Gasteiger partial charge in [-0.05, 0) is 24.4 Å². The summed E-state index contributed by atoms with van der Waals surface area (Å²) in [6.45, 7) is 3.96. The third-order valence-corrected chi connectivity index (χ3v) is 3.88. The molecule has 6 nitrogen and oxygen atoms in total. The number of ether oxygens (including phenoxy) is 2. The first kappa shape index (κ1) is 15.5. The first-order valence-electron chi connectivity index (χ1n) is 6.96. The van der Waals surface area contributed by atoms with Gasteiger partial charge in [0, 0.05) is 13.1 Å². The maximum absolute atomic E-state index is 6.04. The molecule has 2 heterocycles. The van der Waals surface area contributed by atoms with Crippen LogP contribution >= 0.6 is 23.8 Å². The zero-order chi connectivity index (χ0) is 15.4. The molecule has 0 saturated carbocycles. The molecule has 0 unspecified atom stereocenters. The zero-order valence-corrected chi connectivity index (χ0v) is 13.5. The van der Waals surface area contributed by atoms with Crippen LogP contribution < -0.4 is 4.74 Å². The maximum atomic E-state index is 6.04. The number of morpholine rings is 1. The number of para-hydroxylation sites is 1. The molecular weight excluding hydrogens is 326 g/mol. The lowest BCUT2D eigenvalue weighted by molar-refractivity contribution is 0.0206. The van der Waals surface area contributed by atoms with Crippen LogP contribution in [-0.4, -0.2) is 41.0 Å². The molecule has 1 aliphatic heterocycles. The summed E-state index contributed by atoms with van der Waals surface area (Å²) in [5.41, 5.74) is 0. The van der Waals surface area contributed by atoms with E-state index in [4.69, 9.17) is 37.7 Å². The maximum Gasteiger partial charge on any atom is 0.288 e. The highest BCUT2D eigenvalue weighted by atomic mass is 35.5. The summed E-state index contributed by atoms with van der Waals surface area (Å²) in [5, 5.41) is 4.89. The summed E-state index contributed by atoms with van der Waals surface area (Å²) < 4.78 is 18.0. The summed E-state index contributed by atoms with van der Waals surface area (Å²) in [5.74, 6) is 1.02. The van der Waals surface area contributed by atoms with Crippen LogP contribution in [-0.2, 0) is 18.0 Å². The Bertz CT molecular complexity index is 682. The van der Waals surface area contributed by atoms with Crippen molar-refractivity contribution in [3.8, 4) is 5.75 Å². The van der Waals surface area contributed by atoms with Crippen LogP contribution in [0, 0.1) is 4.84 Å². The summed E-state index contributed by atoms with van der Waals surface area (Å²) in [6, 6.07) is 7.26. The molecule has 3 rings (SSSR count). The smallest absolute Gasteiger partial charge is 0.288 e. The van der Waals surface area contributed by atoms with Crippen molar-refractivity contribution in [2.24, 2.45) is 0 Å². The van der Waals surface area contributed by atoms with E-state index in [1.807, 2.05) is 12.1 Å². The molecule has 1 saturated heterocycles. The van der Waals surface area contributed by atoms with E-state index in [2.05, 4.69) is 10.00 Å². The molecular formula is C14H16ClN3O3S. The minimum absolute atomic E-state index is 0.184. The molecule has 1 aliphatic rings. The second-order valence-electron chi connectivity index (χ2n) is 4.85. The molecule has 8 heteroatoms. The zero-order valence-electron chi connectivity index (χ0n) is 11.9. The molecule has 1 aromatic carbocycles. The lowest BCUT2D eigenvalue weighted by Crippen LogP contribution is -2.37. The Morgan fingerprint density at radius 2 is 2.05 bits per heavy atom. The number of benzene rings is 1. The second kappa shape index (κ2) is 7.23. The summed E-state index contributed by atoms with van der Waals surface area (Å²) in [4.78, 5) is 2.55. The normalized spacial score (nSPS) is 15.9. The summed E-state index contributed by atoms with van der Waals surface area (Å²) in [6.07, 6.45) is 0. The van der Waals surface area contributed by atoms with Crippen LogP contribution in [0.5, 0.6) is 5.75 Å². The molecule has 1 fully saturated rings. The van der Waals surface area contributed by atoms with Crippen LogP contribution in [0.1, 0.15) is 5.89 Å². The first-order chi connectivity index (χ1) is 10.7. The molecule has 118 valence electrons. The molecule has 22 heavy (non-hydrogen) atoms. The minimum atomic E-state index is 0.184. The van der Waals surface area contributed by atoms with Gasteiger partial charge in [0.2, 0.25) is 0 Å². The topological polar surface area (TPSA) is 52.7 Å². The lowest BCUT2D eigenvalue weighted by Gasteiger charge is -2.25. The van der Waals surface area contributed by atoms with E-state index in [0.29, 0.717) is 28.2 Å². The van der Waals surface area contributed by atoms with Crippen molar-refractivity contribution in [1.82, 2.24) is 14.7 Å². The fourth-order valence-electron chi connectivity index (χ4n) is 2.13. The monoisotopic (exact) mass is 341 g/mol. The van der Waals surface area contributed by atoms with Crippen LogP contribution in [0.2, 0.25) is 5.02 Å². The van der Waals surface area contributed by atoms with E-state index in [1.165, 1.54) is 0 Å². The number of nitrogens with zero attached hydrogens (tertiary/aromatic N) is 3. The van der Waals surface area contributed by atoms with Crippen molar-refractivity contribution in [3.05, 3.63) is 40.0 Å². The Balaban J connectivity index is 1.62. The van der Waals surface area contributed by atoms with Crippen LogP contribution in [0.4, 0.5) is 0 Å². The molecule has 0 radical (unpaired) electrons. The van der Waals surface area contributed by atoms with Gasteiger partial charge in [0.05, 0.1) is 24.9 Å². The van der Waals surface area contributed by atoms with Crippen LogP contribution in [0.15, 0.2) is 28.7 Å². The third-order valence-electron chi connectivity index (χ3n) is 3.27. The number of halogens is 1. The molecule has 0 bridgehead atoms. The van der Waals surface area contributed by atoms with E-state index < -0.39 is 0 Å². The Morgan fingerprint density at radius 1 is 1.27 bits per heavy atom. The average Bonchev–Trinajstić information content (AvgIpc) is 2.88. The highest BCUT2D eigenvalue weighted by molar-refractivity contribution is 7.71. The van der Waals surface area contributed by atoms with Crippen molar-refractivity contribution in [2.45, 2.75) is 13.3 Å². The van der Waals surface area contributed by atoms with Gasteiger partial charge in [0.1, 0.15) is 5.75 Å². The van der Waals surface area contributed by atoms with Gasteiger partial charge in [-0.2, -0.15) is 0 Å². The van der Waals surface area contributed by atoms with Crippen LogP contribution in [0.3, 0.4) is 0 Å². The molecule has 0 aliphatic carbocycles. The van der Waals surface area contributed by atoms with E-state index in [0.717, 1.165) is 26.3 Å². The predicted molar refractivity (Wildman–Crippen MR) is 83.5 cm³/mol. The lowest BCUT2D eigenvalue weighted by atomic mass is 10.3. The first-order valence-corrected chi connectivity index (χ1v) is 7.75. The molecule has 0 atom stereocenters. The van der Waals surface area contributed by atoms with Gasteiger partial charge in [-0.25, -0.2) is 4.68 Å². The van der Waals surface area contributed by atoms with E-state index in [-0.39, 0.29) is 6.61 Å². The number of hydrogen-bond donors (Lipinski definition) is 0.